The van der Waals surface area contributed by atoms with Crippen molar-refractivity contribution in [2.75, 3.05) is 26.7 Å². The highest BCUT2D eigenvalue weighted by atomic mass is 15.1. The van der Waals surface area contributed by atoms with Crippen molar-refractivity contribution in [3.8, 4) is 0 Å². The van der Waals surface area contributed by atoms with Crippen molar-refractivity contribution in [2.45, 2.75) is 57.9 Å². The number of hydrogen-bond donors (Lipinski definition) is 1. The number of aryl methyl sites for hydroxylation is 1. The number of benzene rings is 1. The van der Waals surface area contributed by atoms with Crippen LogP contribution in [-0.4, -0.2) is 37.6 Å². The second-order valence-corrected chi connectivity index (χ2v) is 8.12. The van der Waals surface area contributed by atoms with Gasteiger partial charge in [-0.25, -0.2) is 0 Å². The Balaban J connectivity index is 1.48. The minimum atomic E-state index is 0.686. The monoisotopic (exact) mass is 314 g/mol. The summed E-state index contributed by atoms with van der Waals surface area (Å²) in [5, 5.41) is 3.90. The Hall–Kier alpha value is -0.860. The normalized spacial score (nSPS) is 27.2. The van der Waals surface area contributed by atoms with Crippen molar-refractivity contribution in [1.29, 1.82) is 0 Å². The third-order valence-electron chi connectivity index (χ3n) is 5.78. The quantitative estimate of drug-likeness (QED) is 0.883. The van der Waals surface area contributed by atoms with E-state index in [4.69, 9.17) is 0 Å². The number of nitrogens with one attached hydrogen (secondary N) is 1. The first-order valence-electron chi connectivity index (χ1n) is 9.66. The van der Waals surface area contributed by atoms with Crippen LogP contribution in [0.4, 0.5) is 0 Å². The molecule has 2 aliphatic rings. The lowest BCUT2D eigenvalue weighted by atomic mass is 9.87. The van der Waals surface area contributed by atoms with Gasteiger partial charge in [0.15, 0.2) is 0 Å². The van der Waals surface area contributed by atoms with E-state index in [1.807, 2.05) is 0 Å². The van der Waals surface area contributed by atoms with Gasteiger partial charge in [0.2, 0.25) is 0 Å². The largest absolute Gasteiger partial charge is 0.312 e. The Morgan fingerprint density at radius 2 is 1.74 bits per heavy atom. The molecular formula is C21H34N2. The summed E-state index contributed by atoms with van der Waals surface area (Å²) >= 11 is 0. The number of hydrogen-bond acceptors (Lipinski definition) is 2. The Kier molecular flexibility index (Phi) is 6.13. The van der Waals surface area contributed by atoms with E-state index in [1.54, 1.807) is 0 Å². The number of nitrogens with zero attached hydrogens (tertiary/aromatic N) is 1. The third-order valence-corrected chi connectivity index (χ3v) is 5.78. The van der Waals surface area contributed by atoms with E-state index in [2.05, 4.69) is 48.5 Å². The van der Waals surface area contributed by atoms with Gasteiger partial charge < -0.3 is 10.2 Å². The molecule has 23 heavy (non-hydrogen) atoms. The predicted molar refractivity (Wildman–Crippen MR) is 98.9 cm³/mol. The van der Waals surface area contributed by atoms with Gasteiger partial charge in [-0.3, -0.25) is 0 Å². The Morgan fingerprint density at radius 1 is 1.00 bits per heavy atom. The van der Waals surface area contributed by atoms with Gasteiger partial charge in [0, 0.05) is 19.1 Å². The zero-order chi connectivity index (χ0) is 16.1. The van der Waals surface area contributed by atoms with E-state index in [9.17, 15) is 0 Å². The fourth-order valence-electron chi connectivity index (χ4n) is 4.52. The SMILES string of the molecule is Cc1ccc(CC2CC(NCC3CCCCC3)CN(C)C2)cc1. The molecule has 2 unspecified atom stereocenters. The molecule has 2 nitrogen and oxygen atoms in total. The van der Waals surface area contributed by atoms with Crippen molar-refractivity contribution >= 4 is 0 Å². The van der Waals surface area contributed by atoms with Crippen molar-refractivity contribution in [1.82, 2.24) is 10.2 Å². The van der Waals surface area contributed by atoms with Crippen LogP contribution >= 0.6 is 0 Å². The molecule has 1 saturated heterocycles. The molecule has 1 N–H and O–H groups in total. The minimum Gasteiger partial charge on any atom is -0.312 e. The van der Waals surface area contributed by atoms with Crippen LogP contribution in [-0.2, 0) is 6.42 Å². The molecule has 2 atom stereocenters. The summed E-state index contributed by atoms with van der Waals surface area (Å²) in [5.74, 6) is 1.73. The number of piperidine rings is 1. The van der Waals surface area contributed by atoms with Crippen molar-refractivity contribution in [3.63, 3.8) is 0 Å². The van der Waals surface area contributed by atoms with Crippen LogP contribution in [0.2, 0.25) is 0 Å². The van der Waals surface area contributed by atoms with E-state index >= 15 is 0 Å². The first-order chi connectivity index (χ1) is 11.2. The van der Waals surface area contributed by atoms with E-state index in [0.29, 0.717) is 6.04 Å². The maximum Gasteiger partial charge on any atom is 0.0198 e. The fourth-order valence-corrected chi connectivity index (χ4v) is 4.52. The number of likely N-dealkylation sites (tertiary alicyclic amines) is 1. The average molecular weight is 315 g/mol. The third kappa shape index (κ3) is 5.32. The van der Waals surface area contributed by atoms with Crippen LogP contribution in [0, 0.1) is 18.8 Å². The summed E-state index contributed by atoms with van der Waals surface area (Å²) in [5.41, 5.74) is 2.86. The van der Waals surface area contributed by atoms with Crippen LogP contribution in [0.15, 0.2) is 24.3 Å². The van der Waals surface area contributed by atoms with E-state index in [-0.39, 0.29) is 0 Å². The zero-order valence-corrected chi connectivity index (χ0v) is 15.1. The molecule has 3 rings (SSSR count). The van der Waals surface area contributed by atoms with E-state index in [0.717, 1.165) is 11.8 Å². The topological polar surface area (TPSA) is 15.3 Å². The Morgan fingerprint density at radius 3 is 2.48 bits per heavy atom. The van der Waals surface area contributed by atoms with Crippen molar-refractivity contribution < 1.29 is 0 Å². The van der Waals surface area contributed by atoms with Gasteiger partial charge in [0.05, 0.1) is 0 Å². The summed E-state index contributed by atoms with van der Waals surface area (Å²) < 4.78 is 0. The maximum atomic E-state index is 3.90. The zero-order valence-electron chi connectivity index (χ0n) is 15.1. The average Bonchev–Trinajstić information content (AvgIpc) is 2.56. The summed E-state index contributed by atoms with van der Waals surface area (Å²) in [7, 11) is 2.29. The standard InChI is InChI=1S/C21H34N2/c1-17-8-10-18(11-9-17)12-20-13-21(16-23(2)15-20)22-14-19-6-4-3-5-7-19/h8-11,19-22H,3-7,12-16H2,1-2H3. The second kappa shape index (κ2) is 8.30. The molecule has 1 saturated carbocycles. The van der Waals surface area contributed by atoms with Gasteiger partial charge in [0.25, 0.3) is 0 Å². The molecular weight excluding hydrogens is 280 g/mol. The van der Waals surface area contributed by atoms with Gasteiger partial charge in [0.1, 0.15) is 0 Å². The van der Waals surface area contributed by atoms with Gasteiger partial charge in [-0.05, 0) is 63.6 Å². The molecule has 1 aromatic rings. The Labute approximate surface area is 142 Å². The molecule has 0 bridgehead atoms. The Bertz CT molecular complexity index is 461. The molecule has 1 heterocycles. The molecule has 0 amide bonds. The summed E-state index contributed by atoms with van der Waals surface area (Å²) in [4.78, 5) is 2.53. The molecule has 2 fully saturated rings. The first-order valence-corrected chi connectivity index (χ1v) is 9.66. The molecule has 1 aliphatic carbocycles. The molecule has 1 aliphatic heterocycles. The number of rotatable bonds is 5. The lowest BCUT2D eigenvalue weighted by Gasteiger charge is -2.37. The van der Waals surface area contributed by atoms with Gasteiger partial charge in [-0.1, -0.05) is 49.1 Å². The van der Waals surface area contributed by atoms with Gasteiger partial charge in [-0.2, -0.15) is 0 Å². The molecule has 2 heteroatoms. The van der Waals surface area contributed by atoms with E-state index in [1.165, 1.54) is 75.7 Å². The first kappa shape index (κ1) is 17.0. The summed E-state index contributed by atoms with van der Waals surface area (Å²) in [6, 6.07) is 9.82. The molecule has 0 spiro atoms. The highest BCUT2D eigenvalue weighted by Gasteiger charge is 2.26. The molecule has 0 radical (unpaired) electrons. The highest BCUT2D eigenvalue weighted by Crippen LogP contribution is 2.24. The fraction of sp³-hybridized carbons (Fsp3) is 0.714. The van der Waals surface area contributed by atoms with Crippen molar-refractivity contribution in [2.24, 2.45) is 11.8 Å². The van der Waals surface area contributed by atoms with Crippen LogP contribution < -0.4 is 5.32 Å². The summed E-state index contributed by atoms with van der Waals surface area (Å²) in [6.45, 7) is 5.88. The molecule has 1 aromatic carbocycles. The van der Waals surface area contributed by atoms with Crippen LogP contribution in [0.1, 0.15) is 49.7 Å². The predicted octanol–water partition coefficient (Wildman–Crippen LogP) is 4.03. The lowest BCUT2D eigenvalue weighted by molar-refractivity contribution is 0.163. The van der Waals surface area contributed by atoms with Crippen LogP contribution in [0.3, 0.4) is 0 Å². The van der Waals surface area contributed by atoms with Crippen molar-refractivity contribution in [3.05, 3.63) is 35.4 Å². The summed E-state index contributed by atoms with van der Waals surface area (Å²) in [6.07, 6.45) is 9.82. The van der Waals surface area contributed by atoms with Crippen LogP contribution in [0.5, 0.6) is 0 Å². The maximum absolute atomic E-state index is 3.90. The minimum absolute atomic E-state index is 0.686. The highest BCUT2D eigenvalue weighted by molar-refractivity contribution is 5.21. The van der Waals surface area contributed by atoms with Gasteiger partial charge >= 0.3 is 0 Å². The van der Waals surface area contributed by atoms with Gasteiger partial charge in [-0.15, -0.1) is 0 Å². The molecule has 0 aromatic heterocycles. The number of likely N-dealkylation sites (N-methyl/N-ethyl adjacent to an activating group) is 1. The lowest BCUT2D eigenvalue weighted by Crippen LogP contribution is -2.49. The smallest absolute Gasteiger partial charge is 0.0198 e. The van der Waals surface area contributed by atoms with Crippen LogP contribution in [0.25, 0.3) is 0 Å². The van der Waals surface area contributed by atoms with E-state index < -0.39 is 0 Å². The second-order valence-electron chi connectivity index (χ2n) is 8.12. The molecule has 128 valence electrons.